The zero-order valence-electron chi connectivity index (χ0n) is 13.9. The molecule has 1 atom stereocenters. The van der Waals surface area contributed by atoms with Crippen LogP contribution >= 0.6 is 11.3 Å². The number of nitrogens with zero attached hydrogens (tertiary/aromatic N) is 1. The van der Waals surface area contributed by atoms with Crippen molar-refractivity contribution < 1.29 is 4.74 Å². The van der Waals surface area contributed by atoms with E-state index < -0.39 is 0 Å². The Bertz CT molecular complexity index is 422. The van der Waals surface area contributed by atoms with Crippen molar-refractivity contribution in [3.8, 4) is 0 Å². The number of likely N-dealkylation sites (tertiary alicyclic amines) is 1. The highest BCUT2D eigenvalue weighted by Crippen LogP contribution is 2.30. The molecule has 2 fully saturated rings. The van der Waals surface area contributed by atoms with Gasteiger partial charge in [-0.1, -0.05) is 6.42 Å². The third kappa shape index (κ3) is 4.10. The highest BCUT2D eigenvalue weighted by molar-refractivity contribution is 7.07. The van der Waals surface area contributed by atoms with Crippen molar-refractivity contribution >= 4 is 11.3 Å². The standard InChI is InChI=1S/C18H30N2OS/c1-16(13-17-5-12-22-14-17)19-15-18(6-10-21-11-7-18)20-8-3-2-4-9-20/h5,12,14,16,19H,2-4,6-11,13,15H2,1H3/t16-/m1/s1. The zero-order chi connectivity index (χ0) is 15.3. The quantitative estimate of drug-likeness (QED) is 0.870. The van der Waals surface area contributed by atoms with E-state index in [2.05, 4.69) is 34.0 Å². The highest BCUT2D eigenvalue weighted by Gasteiger charge is 2.38. The number of piperidine rings is 1. The summed E-state index contributed by atoms with van der Waals surface area (Å²) in [6.45, 7) is 7.85. The van der Waals surface area contributed by atoms with Crippen molar-refractivity contribution in [3.05, 3.63) is 22.4 Å². The molecule has 1 aromatic heterocycles. The van der Waals surface area contributed by atoms with Crippen molar-refractivity contribution in [2.45, 2.75) is 57.0 Å². The SMILES string of the molecule is C[C@H](Cc1ccsc1)NCC1(N2CCCCC2)CCOCC1. The lowest BCUT2D eigenvalue weighted by atomic mass is 9.85. The number of nitrogens with one attached hydrogen (secondary N) is 1. The minimum atomic E-state index is 0.335. The Hall–Kier alpha value is -0.420. The van der Waals surface area contributed by atoms with Crippen LogP contribution < -0.4 is 5.32 Å². The third-order valence-electron chi connectivity index (χ3n) is 5.35. The van der Waals surface area contributed by atoms with E-state index in [1.807, 2.05) is 0 Å². The van der Waals surface area contributed by atoms with Crippen molar-refractivity contribution in [2.75, 3.05) is 32.8 Å². The van der Waals surface area contributed by atoms with Gasteiger partial charge >= 0.3 is 0 Å². The first-order valence-corrected chi connectivity index (χ1v) is 9.80. The van der Waals surface area contributed by atoms with Crippen molar-refractivity contribution in [3.63, 3.8) is 0 Å². The molecule has 0 spiro atoms. The molecule has 3 rings (SSSR count). The van der Waals surface area contributed by atoms with Gasteiger partial charge in [-0.3, -0.25) is 4.90 Å². The maximum atomic E-state index is 5.65. The summed E-state index contributed by atoms with van der Waals surface area (Å²) in [5, 5.41) is 8.28. The Kier molecular flexibility index (Phi) is 5.91. The Morgan fingerprint density at radius 3 is 2.73 bits per heavy atom. The third-order valence-corrected chi connectivity index (χ3v) is 6.08. The maximum Gasteiger partial charge on any atom is 0.0484 e. The fourth-order valence-corrected chi connectivity index (χ4v) is 4.60. The molecule has 0 aromatic carbocycles. The monoisotopic (exact) mass is 322 g/mol. The molecule has 2 saturated heterocycles. The van der Waals surface area contributed by atoms with Crippen LogP contribution in [-0.2, 0) is 11.2 Å². The van der Waals surface area contributed by atoms with Gasteiger partial charge in [0.2, 0.25) is 0 Å². The zero-order valence-corrected chi connectivity index (χ0v) is 14.7. The average Bonchev–Trinajstić information content (AvgIpc) is 3.08. The Balaban J connectivity index is 1.57. The molecule has 22 heavy (non-hydrogen) atoms. The van der Waals surface area contributed by atoms with Crippen LogP contribution in [0.2, 0.25) is 0 Å². The first kappa shape index (κ1) is 16.4. The lowest BCUT2D eigenvalue weighted by Gasteiger charge is -2.48. The minimum absolute atomic E-state index is 0.335. The van der Waals surface area contributed by atoms with E-state index in [4.69, 9.17) is 4.74 Å². The van der Waals surface area contributed by atoms with E-state index in [0.29, 0.717) is 11.6 Å². The van der Waals surface area contributed by atoms with Crippen LogP contribution in [0.4, 0.5) is 0 Å². The smallest absolute Gasteiger partial charge is 0.0484 e. The number of hydrogen-bond donors (Lipinski definition) is 1. The number of hydrogen-bond acceptors (Lipinski definition) is 4. The molecule has 0 bridgehead atoms. The predicted octanol–water partition coefficient (Wildman–Crippen LogP) is 3.30. The second-order valence-corrected chi connectivity index (χ2v) is 7.78. The summed E-state index contributed by atoms with van der Waals surface area (Å²) in [6, 6.07) is 2.79. The van der Waals surface area contributed by atoms with Gasteiger partial charge in [0.15, 0.2) is 0 Å². The van der Waals surface area contributed by atoms with Crippen LogP contribution in [0.15, 0.2) is 16.8 Å². The second kappa shape index (κ2) is 7.91. The molecule has 0 aliphatic carbocycles. The van der Waals surface area contributed by atoms with Gasteiger partial charge in [0.05, 0.1) is 0 Å². The van der Waals surface area contributed by atoms with Gasteiger partial charge in [-0.25, -0.2) is 0 Å². The maximum absolute atomic E-state index is 5.65. The molecule has 3 heterocycles. The van der Waals surface area contributed by atoms with Gasteiger partial charge in [0.25, 0.3) is 0 Å². The molecular weight excluding hydrogens is 292 g/mol. The van der Waals surface area contributed by atoms with E-state index in [-0.39, 0.29) is 0 Å². The molecule has 4 heteroatoms. The number of rotatable bonds is 6. The second-order valence-electron chi connectivity index (χ2n) is 7.00. The molecule has 0 amide bonds. The van der Waals surface area contributed by atoms with Gasteiger partial charge in [-0.15, -0.1) is 0 Å². The summed E-state index contributed by atoms with van der Waals surface area (Å²) in [5.74, 6) is 0. The summed E-state index contributed by atoms with van der Waals surface area (Å²) in [7, 11) is 0. The molecule has 124 valence electrons. The van der Waals surface area contributed by atoms with Crippen molar-refractivity contribution in [1.29, 1.82) is 0 Å². The Labute approximate surface area is 139 Å². The van der Waals surface area contributed by atoms with Crippen LogP contribution in [0.1, 0.15) is 44.6 Å². The first-order valence-electron chi connectivity index (χ1n) is 8.86. The van der Waals surface area contributed by atoms with E-state index in [9.17, 15) is 0 Å². The van der Waals surface area contributed by atoms with Gasteiger partial charge in [0.1, 0.15) is 0 Å². The lowest BCUT2D eigenvalue weighted by molar-refractivity contribution is -0.0366. The molecule has 0 radical (unpaired) electrons. The molecule has 1 aromatic rings. The van der Waals surface area contributed by atoms with Crippen LogP contribution in [0.3, 0.4) is 0 Å². The van der Waals surface area contributed by atoms with E-state index in [1.165, 1.54) is 50.8 Å². The van der Waals surface area contributed by atoms with E-state index in [1.54, 1.807) is 11.3 Å². The van der Waals surface area contributed by atoms with Gasteiger partial charge in [-0.2, -0.15) is 11.3 Å². The van der Waals surface area contributed by atoms with Gasteiger partial charge in [0, 0.05) is 31.3 Å². The topological polar surface area (TPSA) is 24.5 Å². The van der Waals surface area contributed by atoms with Gasteiger partial charge in [-0.05, 0) is 74.5 Å². The summed E-state index contributed by atoms with van der Waals surface area (Å²) in [5.41, 5.74) is 1.80. The molecule has 2 aliphatic rings. The fraction of sp³-hybridized carbons (Fsp3) is 0.778. The predicted molar refractivity (Wildman–Crippen MR) is 93.7 cm³/mol. The summed E-state index contributed by atoms with van der Waals surface area (Å²) in [4.78, 5) is 2.77. The normalized spacial score (nSPS) is 24.2. The first-order chi connectivity index (χ1) is 10.8. The number of ether oxygens (including phenoxy) is 1. The summed E-state index contributed by atoms with van der Waals surface area (Å²) < 4.78 is 5.65. The molecule has 3 nitrogen and oxygen atoms in total. The molecular formula is C18H30N2OS. The number of thiophene rings is 1. The van der Waals surface area contributed by atoms with Crippen LogP contribution in [-0.4, -0.2) is 49.3 Å². The highest BCUT2D eigenvalue weighted by atomic mass is 32.1. The molecule has 2 aliphatic heterocycles. The van der Waals surface area contributed by atoms with Crippen molar-refractivity contribution in [2.24, 2.45) is 0 Å². The largest absolute Gasteiger partial charge is 0.381 e. The van der Waals surface area contributed by atoms with E-state index >= 15 is 0 Å². The molecule has 1 N–H and O–H groups in total. The van der Waals surface area contributed by atoms with E-state index in [0.717, 1.165) is 26.2 Å². The summed E-state index contributed by atoms with van der Waals surface area (Å²) >= 11 is 1.80. The molecule has 0 unspecified atom stereocenters. The van der Waals surface area contributed by atoms with Gasteiger partial charge < -0.3 is 10.1 Å². The Morgan fingerprint density at radius 2 is 2.05 bits per heavy atom. The molecule has 0 saturated carbocycles. The van der Waals surface area contributed by atoms with Crippen LogP contribution in [0.25, 0.3) is 0 Å². The Morgan fingerprint density at radius 1 is 1.27 bits per heavy atom. The minimum Gasteiger partial charge on any atom is -0.381 e. The van der Waals surface area contributed by atoms with Crippen LogP contribution in [0.5, 0.6) is 0 Å². The van der Waals surface area contributed by atoms with Crippen molar-refractivity contribution in [1.82, 2.24) is 10.2 Å². The fourth-order valence-electron chi connectivity index (χ4n) is 3.92. The average molecular weight is 323 g/mol. The van der Waals surface area contributed by atoms with Crippen LogP contribution in [0, 0.1) is 0 Å². The summed E-state index contributed by atoms with van der Waals surface area (Å²) in [6.07, 6.45) is 7.65. The lowest BCUT2D eigenvalue weighted by Crippen LogP contribution is -2.60.